The monoisotopic (exact) mass is 426 g/mol. The summed E-state index contributed by atoms with van der Waals surface area (Å²) in [5.74, 6) is 0.236. The molecular weight excluding hydrogens is 404 g/mol. The Bertz CT molecular complexity index is 978. The lowest BCUT2D eigenvalue weighted by Gasteiger charge is -2.29. The molecule has 152 valence electrons. The maximum atomic E-state index is 12.8. The smallest absolute Gasteiger partial charge is 0.248 e. The van der Waals surface area contributed by atoms with Gasteiger partial charge in [0.2, 0.25) is 15.9 Å². The lowest BCUT2D eigenvalue weighted by Crippen LogP contribution is -2.45. The fourth-order valence-electron chi connectivity index (χ4n) is 2.75. The first-order chi connectivity index (χ1) is 13.1. The molecule has 0 saturated carbocycles. The van der Waals surface area contributed by atoms with Crippen LogP contribution >= 0.6 is 11.6 Å². The largest absolute Gasteiger partial charge is 0.497 e. The van der Waals surface area contributed by atoms with E-state index in [0.29, 0.717) is 22.2 Å². The number of nitrogens with one attached hydrogen (secondary N) is 1. The molecule has 0 unspecified atom stereocenters. The third kappa shape index (κ3) is 4.88. The minimum atomic E-state index is -3.81. The molecule has 0 aliphatic heterocycles. The predicted octanol–water partition coefficient (Wildman–Crippen LogP) is 3.46. The van der Waals surface area contributed by atoms with E-state index in [1.165, 1.54) is 27.2 Å². The molecule has 0 aliphatic rings. The first kappa shape index (κ1) is 21.8. The highest BCUT2D eigenvalue weighted by Gasteiger charge is 2.32. The van der Waals surface area contributed by atoms with E-state index in [9.17, 15) is 13.2 Å². The van der Waals surface area contributed by atoms with Crippen LogP contribution in [0.1, 0.15) is 12.5 Å². The van der Waals surface area contributed by atoms with Crippen LogP contribution in [-0.2, 0) is 14.8 Å². The molecule has 1 amide bonds. The SMILES string of the molecule is COc1ccc(OC)c(N([C@@H](C)C(=O)Nc2ccc(Cl)cc2C)S(C)(=O)=O)c1. The molecule has 1 atom stereocenters. The second kappa shape index (κ2) is 8.70. The molecule has 0 saturated heterocycles. The Morgan fingerprint density at radius 2 is 1.82 bits per heavy atom. The predicted molar refractivity (Wildman–Crippen MR) is 111 cm³/mol. The molecule has 0 heterocycles. The molecule has 0 radical (unpaired) electrons. The fraction of sp³-hybridized carbons (Fsp3) is 0.316. The number of methoxy groups -OCH3 is 2. The average Bonchev–Trinajstić information content (AvgIpc) is 2.62. The topological polar surface area (TPSA) is 84.9 Å². The van der Waals surface area contributed by atoms with Gasteiger partial charge < -0.3 is 14.8 Å². The number of carbonyl (C=O) groups excluding carboxylic acids is 1. The van der Waals surface area contributed by atoms with Crippen molar-refractivity contribution in [3.8, 4) is 11.5 Å². The van der Waals surface area contributed by atoms with E-state index in [2.05, 4.69) is 5.32 Å². The summed E-state index contributed by atoms with van der Waals surface area (Å²) < 4.78 is 36.6. The van der Waals surface area contributed by atoms with Crippen LogP contribution in [0.5, 0.6) is 11.5 Å². The highest BCUT2D eigenvalue weighted by molar-refractivity contribution is 7.92. The van der Waals surface area contributed by atoms with Crippen LogP contribution in [0.2, 0.25) is 5.02 Å². The molecule has 2 aromatic rings. The summed E-state index contributed by atoms with van der Waals surface area (Å²) in [6, 6.07) is 8.71. The van der Waals surface area contributed by atoms with Crippen LogP contribution < -0.4 is 19.1 Å². The number of anilines is 2. The summed E-state index contributed by atoms with van der Waals surface area (Å²) in [4.78, 5) is 12.8. The summed E-state index contributed by atoms with van der Waals surface area (Å²) >= 11 is 5.94. The van der Waals surface area contributed by atoms with E-state index in [4.69, 9.17) is 21.1 Å². The van der Waals surface area contributed by atoms with Crippen molar-refractivity contribution in [1.29, 1.82) is 0 Å². The molecule has 1 N–H and O–H groups in total. The number of amides is 1. The second-order valence-corrected chi connectivity index (χ2v) is 8.52. The molecule has 9 heteroatoms. The highest BCUT2D eigenvalue weighted by atomic mass is 35.5. The van der Waals surface area contributed by atoms with Gasteiger partial charge in [-0.15, -0.1) is 0 Å². The van der Waals surface area contributed by atoms with Gasteiger partial charge in [-0.25, -0.2) is 8.42 Å². The summed E-state index contributed by atoms with van der Waals surface area (Å²) in [5.41, 5.74) is 1.52. The molecule has 0 bridgehead atoms. The molecule has 0 fully saturated rings. The third-order valence-corrected chi connectivity index (χ3v) is 5.62. The van der Waals surface area contributed by atoms with Crippen LogP contribution in [0.4, 0.5) is 11.4 Å². The van der Waals surface area contributed by atoms with Crippen molar-refractivity contribution in [2.45, 2.75) is 19.9 Å². The van der Waals surface area contributed by atoms with Gasteiger partial charge in [-0.1, -0.05) is 11.6 Å². The highest BCUT2D eigenvalue weighted by Crippen LogP contribution is 2.35. The number of nitrogens with zero attached hydrogens (tertiary/aromatic N) is 1. The third-order valence-electron chi connectivity index (χ3n) is 4.16. The molecule has 7 nitrogen and oxygen atoms in total. The number of ether oxygens (including phenoxy) is 2. The number of halogens is 1. The number of hydrogen-bond donors (Lipinski definition) is 1. The van der Waals surface area contributed by atoms with E-state index in [-0.39, 0.29) is 5.69 Å². The number of rotatable bonds is 7. The van der Waals surface area contributed by atoms with Crippen molar-refractivity contribution >= 4 is 38.9 Å². The number of benzene rings is 2. The Morgan fingerprint density at radius 3 is 2.36 bits per heavy atom. The van der Waals surface area contributed by atoms with Gasteiger partial charge in [-0.3, -0.25) is 9.10 Å². The minimum absolute atomic E-state index is 0.208. The lowest BCUT2D eigenvalue weighted by atomic mass is 10.2. The number of sulfonamides is 1. The fourth-order valence-corrected chi connectivity index (χ4v) is 4.15. The number of hydrogen-bond acceptors (Lipinski definition) is 5. The van der Waals surface area contributed by atoms with Gasteiger partial charge in [0.15, 0.2) is 0 Å². The Kier molecular flexibility index (Phi) is 6.79. The molecule has 28 heavy (non-hydrogen) atoms. The summed E-state index contributed by atoms with van der Waals surface area (Å²) in [6.07, 6.45) is 1.03. The Balaban J connectivity index is 2.45. The van der Waals surface area contributed by atoms with E-state index < -0.39 is 22.0 Å². The Morgan fingerprint density at radius 1 is 1.14 bits per heavy atom. The molecule has 2 aromatic carbocycles. The lowest BCUT2D eigenvalue weighted by molar-refractivity contribution is -0.116. The second-order valence-electron chi connectivity index (χ2n) is 6.22. The maximum absolute atomic E-state index is 12.8. The maximum Gasteiger partial charge on any atom is 0.248 e. The zero-order valence-corrected chi connectivity index (χ0v) is 17.9. The molecule has 2 rings (SSSR count). The van der Waals surface area contributed by atoms with Crippen molar-refractivity contribution in [3.63, 3.8) is 0 Å². The molecule has 0 spiro atoms. The first-order valence-corrected chi connectivity index (χ1v) is 10.6. The van der Waals surface area contributed by atoms with Crippen molar-refractivity contribution in [2.24, 2.45) is 0 Å². The van der Waals surface area contributed by atoms with Crippen LogP contribution in [0.15, 0.2) is 36.4 Å². The van der Waals surface area contributed by atoms with Gasteiger partial charge in [0.05, 0.1) is 26.2 Å². The normalized spacial score (nSPS) is 12.2. The van der Waals surface area contributed by atoms with Crippen molar-refractivity contribution in [2.75, 3.05) is 30.1 Å². The van der Waals surface area contributed by atoms with Gasteiger partial charge in [-0.2, -0.15) is 0 Å². The zero-order valence-electron chi connectivity index (χ0n) is 16.3. The van der Waals surface area contributed by atoms with Gasteiger partial charge in [0.1, 0.15) is 17.5 Å². The molecule has 0 aliphatic carbocycles. The van der Waals surface area contributed by atoms with E-state index in [0.717, 1.165) is 16.1 Å². The van der Waals surface area contributed by atoms with E-state index in [1.807, 2.05) is 0 Å². The standard InChI is InChI=1S/C19H23ClN2O5S/c1-12-10-14(20)6-8-16(12)21-19(23)13(2)22(28(5,24)25)17-11-15(26-3)7-9-18(17)27-4/h6-11,13H,1-5H3,(H,21,23)/t13-/m0/s1. The Labute approximate surface area is 170 Å². The summed E-state index contributed by atoms with van der Waals surface area (Å²) in [6.45, 7) is 3.30. The minimum Gasteiger partial charge on any atom is -0.497 e. The van der Waals surface area contributed by atoms with Crippen LogP contribution in [0.3, 0.4) is 0 Å². The quantitative estimate of drug-likeness (QED) is 0.732. The van der Waals surface area contributed by atoms with E-state index in [1.54, 1.807) is 37.3 Å². The Hall–Kier alpha value is -2.45. The van der Waals surface area contributed by atoms with Crippen molar-refractivity contribution < 1.29 is 22.7 Å². The van der Waals surface area contributed by atoms with Crippen LogP contribution in [0.25, 0.3) is 0 Å². The van der Waals surface area contributed by atoms with E-state index >= 15 is 0 Å². The van der Waals surface area contributed by atoms with Gasteiger partial charge in [0, 0.05) is 16.8 Å². The van der Waals surface area contributed by atoms with Crippen molar-refractivity contribution in [3.05, 3.63) is 47.0 Å². The number of aryl methyl sites for hydroxylation is 1. The van der Waals surface area contributed by atoms with Gasteiger partial charge in [-0.05, 0) is 49.7 Å². The summed E-state index contributed by atoms with van der Waals surface area (Å²) in [7, 11) is -0.921. The number of carbonyl (C=O) groups is 1. The van der Waals surface area contributed by atoms with Gasteiger partial charge >= 0.3 is 0 Å². The van der Waals surface area contributed by atoms with Crippen LogP contribution in [-0.4, -0.2) is 40.8 Å². The van der Waals surface area contributed by atoms with Crippen molar-refractivity contribution in [1.82, 2.24) is 0 Å². The average molecular weight is 427 g/mol. The zero-order chi connectivity index (χ0) is 21.1. The summed E-state index contributed by atoms with van der Waals surface area (Å²) in [5, 5.41) is 3.29. The molecule has 0 aromatic heterocycles. The first-order valence-electron chi connectivity index (χ1n) is 8.37. The molecular formula is C19H23ClN2O5S. The van der Waals surface area contributed by atoms with Crippen LogP contribution in [0, 0.1) is 6.92 Å². The van der Waals surface area contributed by atoms with Gasteiger partial charge in [0.25, 0.3) is 0 Å².